The van der Waals surface area contributed by atoms with Gasteiger partial charge < -0.3 is 15.2 Å². The number of hydrogen-bond donors (Lipinski definition) is 2. The lowest BCUT2D eigenvalue weighted by atomic mass is 10.1. The van der Waals surface area contributed by atoms with Crippen LogP contribution in [0.1, 0.15) is 18.1 Å². The predicted octanol–water partition coefficient (Wildman–Crippen LogP) is 1.28. The van der Waals surface area contributed by atoms with Gasteiger partial charge in [0.1, 0.15) is 5.69 Å². The highest BCUT2D eigenvalue weighted by molar-refractivity contribution is 5.94. The molecule has 0 atom stereocenters. The third kappa shape index (κ3) is 4.81. The summed E-state index contributed by atoms with van der Waals surface area (Å²) in [5.74, 6) is -0.740. The zero-order valence-corrected chi connectivity index (χ0v) is 13.1. The first kappa shape index (κ1) is 16.5. The van der Waals surface area contributed by atoms with Crippen molar-refractivity contribution < 1.29 is 9.59 Å². The van der Waals surface area contributed by atoms with Crippen LogP contribution in [0.4, 0.5) is 5.69 Å². The lowest BCUT2D eigenvalue weighted by Gasteiger charge is -2.10. The molecular formula is C17H19N3O3. The highest BCUT2D eigenvalue weighted by atomic mass is 16.2. The number of benzene rings is 1. The summed E-state index contributed by atoms with van der Waals surface area (Å²) in [4.78, 5) is 34.9. The van der Waals surface area contributed by atoms with E-state index in [9.17, 15) is 14.4 Å². The molecule has 120 valence electrons. The van der Waals surface area contributed by atoms with Gasteiger partial charge in [0.15, 0.2) is 0 Å². The monoisotopic (exact) mass is 313 g/mol. The minimum absolute atomic E-state index is 0.165. The van der Waals surface area contributed by atoms with E-state index in [-0.39, 0.29) is 23.7 Å². The van der Waals surface area contributed by atoms with E-state index in [4.69, 9.17) is 0 Å². The van der Waals surface area contributed by atoms with E-state index in [2.05, 4.69) is 10.6 Å². The molecule has 2 aromatic rings. The minimum Gasteiger partial charge on any atom is -0.347 e. The van der Waals surface area contributed by atoms with Gasteiger partial charge in [-0.3, -0.25) is 14.4 Å². The zero-order valence-electron chi connectivity index (χ0n) is 13.1. The number of anilines is 1. The molecule has 1 aromatic heterocycles. The summed E-state index contributed by atoms with van der Waals surface area (Å²) < 4.78 is 1.53. The minimum atomic E-state index is -0.439. The smallest absolute Gasteiger partial charge is 0.274 e. The summed E-state index contributed by atoms with van der Waals surface area (Å²) in [6.45, 7) is 3.59. The van der Waals surface area contributed by atoms with Crippen molar-refractivity contribution in [3.8, 4) is 0 Å². The number of aryl methyl sites for hydroxylation is 1. The highest BCUT2D eigenvalue weighted by Gasteiger charge is 2.08. The van der Waals surface area contributed by atoms with Gasteiger partial charge in [-0.15, -0.1) is 0 Å². The number of aromatic nitrogens is 1. The zero-order chi connectivity index (χ0) is 16.8. The molecule has 0 aliphatic heterocycles. The number of pyridine rings is 1. The molecule has 6 nitrogen and oxygen atoms in total. The first-order chi connectivity index (χ1) is 11.0. The number of nitrogens with zero attached hydrogens (tertiary/aromatic N) is 1. The van der Waals surface area contributed by atoms with Crippen LogP contribution in [0.5, 0.6) is 0 Å². The Morgan fingerprint density at radius 1 is 1.13 bits per heavy atom. The maximum absolute atomic E-state index is 12.4. The van der Waals surface area contributed by atoms with Gasteiger partial charge in [0.2, 0.25) is 11.8 Å². The van der Waals surface area contributed by atoms with Crippen molar-refractivity contribution in [2.75, 3.05) is 11.9 Å². The van der Waals surface area contributed by atoms with E-state index >= 15 is 0 Å². The number of carbonyl (C=O) groups excluding carboxylic acids is 2. The Morgan fingerprint density at radius 3 is 2.48 bits per heavy atom. The van der Waals surface area contributed by atoms with Crippen molar-refractivity contribution in [2.45, 2.75) is 20.4 Å². The quantitative estimate of drug-likeness (QED) is 0.872. The Balaban J connectivity index is 2.11. The summed E-state index contributed by atoms with van der Waals surface area (Å²) >= 11 is 0. The molecule has 2 amide bonds. The summed E-state index contributed by atoms with van der Waals surface area (Å²) in [5.41, 5.74) is 2.05. The lowest BCUT2D eigenvalue weighted by Crippen LogP contribution is -2.33. The molecular weight excluding hydrogens is 294 g/mol. The van der Waals surface area contributed by atoms with Gasteiger partial charge in [0, 0.05) is 13.1 Å². The van der Waals surface area contributed by atoms with Crippen LogP contribution in [0.15, 0.2) is 47.4 Å². The van der Waals surface area contributed by atoms with Crippen LogP contribution in [0.2, 0.25) is 0 Å². The topological polar surface area (TPSA) is 80.2 Å². The largest absolute Gasteiger partial charge is 0.347 e. The summed E-state index contributed by atoms with van der Waals surface area (Å²) in [7, 11) is 0. The summed E-state index contributed by atoms with van der Waals surface area (Å²) in [6.07, 6.45) is 1.67. The molecule has 0 aliphatic carbocycles. The molecule has 1 heterocycles. The van der Waals surface area contributed by atoms with Gasteiger partial charge in [-0.25, -0.2) is 0 Å². The second-order valence-corrected chi connectivity index (χ2v) is 5.30. The third-order valence-electron chi connectivity index (χ3n) is 3.27. The first-order valence-electron chi connectivity index (χ1n) is 7.25. The number of carbonyl (C=O) groups is 2. The molecule has 0 bridgehead atoms. The van der Waals surface area contributed by atoms with E-state index in [1.165, 1.54) is 11.5 Å². The van der Waals surface area contributed by atoms with E-state index in [0.717, 1.165) is 11.1 Å². The Morgan fingerprint density at radius 2 is 1.83 bits per heavy atom. The number of rotatable bonds is 5. The van der Waals surface area contributed by atoms with E-state index < -0.39 is 5.91 Å². The van der Waals surface area contributed by atoms with E-state index in [1.54, 1.807) is 18.3 Å². The number of amides is 2. The van der Waals surface area contributed by atoms with Crippen molar-refractivity contribution in [1.82, 2.24) is 9.88 Å². The van der Waals surface area contributed by atoms with E-state index in [1.807, 2.05) is 31.2 Å². The standard InChI is InChI=1S/C17H19N3O3/c1-12-5-7-14(8-6-12)11-20-9-3-4-15(17(20)23)19-16(22)10-18-13(2)21/h3-9H,10-11H2,1-2H3,(H,18,21)(H,19,22). The molecule has 23 heavy (non-hydrogen) atoms. The maximum atomic E-state index is 12.4. The fourth-order valence-corrected chi connectivity index (χ4v) is 2.05. The molecule has 0 aliphatic rings. The van der Waals surface area contributed by atoms with Crippen LogP contribution in [-0.4, -0.2) is 22.9 Å². The van der Waals surface area contributed by atoms with Crippen LogP contribution in [0.25, 0.3) is 0 Å². The van der Waals surface area contributed by atoms with Crippen molar-refractivity contribution >= 4 is 17.5 Å². The summed E-state index contributed by atoms with van der Waals surface area (Å²) in [5, 5.41) is 4.90. The Hall–Kier alpha value is -2.89. The maximum Gasteiger partial charge on any atom is 0.274 e. The van der Waals surface area contributed by atoms with Gasteiger partial charge in [0.25, 0.3) is 5.56 Å². The Kier molecular flexibility index (Phi) is 5.30. The van der Waals surface area contributed by atoms with Gasteiger partial charge in [0.05, 0.1) is 13.1 Å². The molecule has 2 rings (SSSR count). The second-order valence-electron chi connectivity index (χ2n) is 5.30. The second kappa shape index (κ2) is 7.40. The summed E-state index contributed by atoms with van der Waals surface area (Å²) in [6, 6.07) is 11.1. The molecule has 2 N–H and O–H groups in total. The molecule has 0 fully saturated rings. The Labute approximate surface area is 134 Å². The fourth-order valence-electron chi connectivity index (χ4n) is 2.05. The molecule has 6 heteroatoms. The van der Waals surface area contributed by atoms with Crippen molar-refractivity contribution in [3.05, 3.63) is 64.1 Å². The van der Waals surface area contributed by atoms with Crippen LogP contribution >= 0.6 is 0 Å². The van der Waals surface area contributed by atoms with Crippen LogP contribution in [0, 0.1) is 6.92 Å². The number of hydrogen-bond acceptors (Lipinski definition) is 3. The van der Waals surface area contributed by atoms with Crippen LogP contribution in [-0.2, 0) is 16.1 Å². The van der Waals surface area contributed by atoms with Crippen LogP contribution < -0.4 is 16.2 Å². The van der Waals surface area contributed by atoms with Crippen molar-refractivity contribution in [2.24, 2.45) is 0 Å². The van der Waals surface area contributed by atoms with E-state index in [0.29, 0.717) is 6.54 Å². The SMILES string of the molecule is CC(=O)NCC(=O)Nc1cccn(Cc2ccc(C)cc2)c1=O. The Bertz CT molecular complexity index is 763. The molecule has 0 unspecified atom stereocenters. The molecule has 0 saturated heterocycles. The lowest BCUT2D eigenvalue weighted by molar-refractivity contribution is -0.122. The fraction of sp³-hybridized carbons (Fsp3) is 0.235. The molecule has 0 saturated carbocycles. The molecule has 0 radical (unpaired) electrons. The average Bonchev–Trinajstić information content (AvgIpc) is 2.51. The highest BCUT2D eigenvalue weighted by Crippen LogP contribution is 2.06. The van der Waals surface area contributed by atoms with Gasteiger partial charge in [-0.1, -0.05) is 29.8 Å². The predicted molar refractivity (Wildman–Crippen MR) is 88.3 cm³/mol. The third-order valence-corrected chi connectivity index (χ3v) is 3.27. The van der Waals surface area contributed by atoms with Gasteiger partial charge >= 0.3 is 0 Å². The molecule has 0 spiro atoms. The van der Waals surface area contributed by atoms with Gasteiger partial charge in [-0.05, 0) is 24.6 Å². The van der Waals surface area contributed by atoms with Crippen LogP contribution in [0.3, 0.4) is 0 Å². The number of nitrogens with one attached hydrogen (secondary N) is 2. The van der Waals surface area contributed by atoms with Gasteiger partial charge in [-0.2, -0.15) is 0 Å². The molecule has 1 aromatic carbocycles. The first-order valence-corrected chi connectivity index (χ1v) is 7.25. The average molecular weight is 313 g/mol. The van der Waals surface area contributed by atoms with Crippen molar-refractivity contribution in [3.63, 3.8) is 0 Å². The normalized spacial score (nSPS) is 10.2. The van der Waals surface area contributed by atoms with Crippen molar-refractivity contribution in [1.29, 1.82) is 0 Å².